The summed E-state index contributed by atoms with van der Waals surface area (Å²) < 4.78 is 14.7. The summed E-state index contributed by atoms with van der Waals surface area (Å²) in [7, 11) is 1.57. The number of benzene rings is 1. The first kappa shape index (κ1) is 8.62. The van der Waals surface area contributed by atoms with Crippen LogP contribution in [0.2, 0.25) is 0 Å². The molecule has 1 aromatic heterocycles. The van der Waals surface area contributed by atoms with E-state index in [4.69, 9.17) is 9.15 Å². The molecule has 4 nitrogen and oxygen atoms in total. The standard InChI is InChI=1S/C10H8O4/c1-12-8-3-2-7-5-13-10(14-6-11)9(7)4-8/h2-6H,1H3. The van der Waals surface area contributed by atoms with Crippen molar-refractivity contribution in [2.75, 3.05) is 7.11 Å². The maximum absolute atomic E-state index is 10.2. The minimum Gasteiger partial charge on any atom is -0.497 e. The Kier molecular flexibility index (Phi) is 2.10. The molecule has 1 aromatic carbocycles. The molecule has 0 bridgehead atoms. The van der Waals surface area contributed by atoms with Crippen LogP contribution in [0.1, 0.15) is 0 Å². The Morgan fingerprint density at radius 1 is 1.43 bits per heavy atom. The van der Waals surface area contributed by atoms with Gasteiger partial charge in [-0.2, -0.15) is 0 Å². The number of furan rings is 1. The van der Waals surface area contributed by atoms with Crippen LogP contribution < -0.4 is 9.47 Å². The van der Waals surface area contributed by atoms with E-state index in [9.17, 15) is 4.79 Å². The lowest BCUT2D eigenvalue weighted by Crippen LogP contribution is -1.86. The normalized spacial score (nSPS) is 10.1. The lowest BCUT2D eigenvalue weighted by Gasteiger charge is -1.98. The van der Waals surface area contributed by atoms with Gasteiger partial charge in [0.05, 0.1) is 12.5 Å². The molecule has 0 saturated heterocycles. The number of carbonyl (C=O) groups excluding carboxylic acids is 1. The Bertz CT molecular complexity index is 458. The molecule has 1 heterocycles. The molecule has 4 heteroatoms. The predicted octanol–water partition coefficient (Wildman–Crippen LogP) is 1.98. The van der Waals surface area contributed by atoms with Crippen LogP contribution in [0.3, 0.4) is 0 Å². The van der Waals surface area contributed by atoms with Crippen LogP contribution in [0.5, 0.6) is 11.7 Å². The fraction of sp³-hybridized carbons (Fsp3) is 0.100. The molecule has 0 unspecified atom stereocenters. The monoisotopic (exact) mass is 192 g/mol. The van der Waals surface area contributed by atoms with Crippen LogP contribution in [0.15, 0.2) is 28.9 Å². The number of methoxy groups -OCH3 is 1. The van der Waals surface area contributed by atoms with Crippen molar-refractivity contribution < 1.29 is 18.7 Å². The van der Waals surface area contributed by atoms with Gasteiger partial charge in [-0.25, -0.2) is 0 Å². The number of ether oxygens (including phenoxy) is 2. The molecule has 0 N–H and O–H groups in total. The molecule has 0 atom stereocenters. The molecule has 0 saturated carbocycles. The largest absolute Gasteiger partial charge is 0.497 e. The van der Waals surface area contributed by atoms with Gasteiger partial charge in [-0.1, -0.05) is 0 Å². The average Bonchev–Trinajstić information content (AvgIpc) is 2.61. The van der Waals surface area contributed by atoms with Crippen LogP contribution in [0, 0.1) is 0 Å². The van der Waals surface area contributed by atoms with E-state index in [0.717, 1.165) is 10.8 Å². The van der Waals surface area contributed by atoms with Crippen LogP contribution in [0.25, 0.3) is 10.8 Å². The summed E-state index contributed by atoms with van der Waals surface area (Å²) in [6, 6.07) is 5.38. The first-order valence-electron chi connectivity index (χ1n) is 4.00. The third-order valence-corrected chi connectivity index (χ3v) is 1.93. The molecule has 0 aliphatic rings. The SMILES string of the molecule is COc1ccc2coc(OC=O)c2c1. The number of carbonyl (C=O) groups is 1. The fourth-order valence-corrected chi connectivity index (χ4v) is 1.26. The number of fused-ring (bicyclic) bond motifs is 1. The Hall–Kier alpha value is -1.97. The average molecular weight is 192 g/mol. The first-order chi connectivity index (χ1) is 6.85. The molecule has 0 spiro atoms. The van der Waals surface area contributed by atoms with Gasteiger partial charge in [-0.15, -0.1) is 0 Å². The molecule has 2 aromatic rings. The smallest absolute Gasteiger partial charge is 0.300 e. The van der Waals surface area contributed by atoms with Crippen molar-refractivity contribution in [3.63, 3.8) is 0 Å². The van der Waals surface area contributed by atoms with Crippen LogP contribution >= 0.6 is 0 Å². The van der Waals surface area contributed by atoms with Gasteiger partial charge in [0.2, 0.25) is 0 Å². The summed E-state index contributed by atoms with van der Waals surface area (Å²) in [6.45, 7) is 0.331. The summed E-state index contributed by atoms with van der Waals surface area (Å²) in [4.78, 5) is 10.2. The molecule has 0 fully saturated rings. The third-order valence-electron chi connectivity index (χ3n) is 1.93. The van der Waals surface area contributed by atoms with Crippen molar-refractivity contribution in [2.45, 2.75) is 0 Å². The highest BCUT2D eigenvalue weighted by Crippen LogP contribution is 2.30. The van der Waals surface area contributed by atoms with E-state index >= 15 is 0 Å². The number of hydrogen-bond acceptors (Lipinski definition) is 4. The van der Waals surface area contributed by atoms with Gasteiger partial charge in [0.15, 0.2) is 0 Å². The number of hydrogen-bond donors (Lipinski definition) is 0. The zero-order valence-corrected chi connectivity index (χ0v) is 7.52. The van der Waals surface area contributed by atoms with Gasteiger partial charge in [-0.05, 0) is 18.2 Å². The van der Waals surface area contributed by atoms with Crippen molar-refractivity contribution in [1.29, 1.82) is 0 Å². The molecule has 14 heavy (non-hydrogen) atoms. The predicted molar refractivity (Wildman–Crippen MR) is 49.5 cm³/mol. The topological polar surface area (TPSA) is 48.7 Å². The molecular formula is C10H8O4. The van der Waals surface area contributed by atoms with E-state index < -0.39 is 0 Å². The van der Waals surface area contributed by atoms with Gasteiger partial charge in [0.25, 0.3) is 5.95 Å². The zero-order chi connectivity index (χ0) is 9.97. The highest BCUT2D eigenvalue weighted by atomic mass is 16.6. The van der Waals surface area contributed by atoms with E-state index in [0.29, 0.717) is 12.2 Å². The first-order valence-corrected chi connectivity index (χ1v) is 4.00. The number of rotatable bonds is 3. The highest BCUT2D eigenvalue weighted by molar-refractivity contribution is 5.88. The summed E-state index contributed by atoms with van der Waals surface area (Å²) in [6.07, 6.45) is 1.52. The minimum atomic E-state index is 0.189. The van der Waals surface area contributed by atoms with E-state index in [1.165, 1.54) is 6.26 Å². The van der Waals surface area contributed by atoms with E-state index in [2.05, 4.69) is 4.74 Å². The lowest BCUT2D eigenvalue weighted by atomic mass is 10.2. The van der Waals surface area contributed by atoms with Crippen molar-refractivity contribution in [2.24, 2.45) is 0 Å². The molecule has 2 rings (SSSR count). The Labute approximate surface area is 80.0 Å². The molecule has 0 aliphatic carbocycles. The maximum atomic E-state index is 10.2. The van der Waals surface area contributed by atoms with Crippen molar-refractivity contribution in [1.82, 2.24) is 0 Å². The lowest BCUT2D eigenvalue weighted by molar-refractivity contribution is -0.121. The van der Waals surface area contributed by atoms with E-state index in [-0.39, 0.29) is 5.95 Å². The Morgan fingerprint density at radius 3 is 3.00 bits per heavy atom. The summed E-state index contributed by atoms with van der Waals surface area (Å²) in [5, 5.41) is 1.58. The second kappa shape index (κ2) is 3.41. The summed E-state index contributed by atoms with van der Waals surface area (Å²) in [5.74, 6) is 0.878. The molecule has 0 radical (unpaired) electrons. The van der Waals surface area contributed by atoms with Crippen LogP contribution in [-0.2, 0) is 4.79 Å². The van der Waals surface area contributed by atoms with E-state index in [1.54, 1.807) is 13.2 Å². The third kappa shape index (κ3) is 1.31. The van der Waals surface area contributed by atoms with Gasteiger partial charge in [0.1, 0.15) is 12.0 Å². The van der Waals surface area contributed by atoms with Crippen molar-refractivity contribution in [3.8, 4) is 11.7 Å². The highest BCUT2D eigenvalue weighted by Gasteiger charge is 2.07. The summed E-state index contributed by atoms with van der Waals surface area (Å²) >= 11 is 0. The second-order valence-electron chi connectivity index (χ2n) is 2.69. The molecule has 0 aliphatic heterocycles. The van der Waals surface area contributed by atoms with Crippen LogP contribution in [-0.4, -0.2) is 13.6 Å². The fourth-order valence-electron chi connectivity index (χ4n) is 1.26. The minimum absolute atomic E-state index is 0.189. The van der Waals surface area contributed by atoms with Gasteiger partial charge < -0.3 is 13.9 Å². The quantitative estimate of drug-likeness (QED) is 0.697. The van der Waals surface area contributed by atoms with Gasteiger partial charge in [-0.3, -0.25) is 4.79 Å². The molecule has 0 amide bonds. The maximum Gasteiger partial charge on any atom is 0.300 e. The van der Waals surface area contributed by atoms with Crippen molar-refractivity contribution in [3.05, 3.63) is 24.5 Å². The van der Waals surface area contributed by atoms with Crippen LogP contribution in [0.4, 0.5) is 0 Å². The zero-order valence-electron chi connectivity index (χ0n) is 7.52. The molecule has 72 valence electrons. The molecular weight excluding hydrogens is 184 g/mol. The van der Waals surface area contributed by atoms with Crippen molar-refractivity contribution >= 4 is 17.2 Å². The van der Waals surface area contributed by atoms with Gasteiger partial charge >= 0.3 is 6.47 Å². The summed E-state index contributed by atoms with van der Waals surface area (Å²) in [5.41, 5.74) is 0. The second-order valence-corrected chi connectivity index (χ2v) is 2.69. The van der Waals surface area contributed by atoms with Gasteiger partial charge in [0, 0.05) is 5.39 Å². The Morgan fingerprint density at radius 2 is 2.29 bits per heavy atom. The Balaban J connectivity index is 2.57. The van der Waals surface area contributed by atoms with E-state index in [1.807, 2.05) is 12.1 Å².